The van der Waals surface area contributed by atoms with Crippen LogP contribution in [0.1, 0.15) is 115 Å². The molecule has 1 aliphatic heterocycles. The second-order valence-electron chi connectivity index (χ2n) is 14.3. The van der Waals surface area contributed by atoms with Crippen molar-refractivity contribution < 1.29 is 29.3 Å². The maximum Gasteiger partial charge on any atom is 0.323 e. The van der Waals surface area contributed by atoms with Crippen LogP contribution < -0.4 is 15.5 Å². The van der Waals surface area contributed by atoms with Gasteiger partial charge in [-0.3, -0.25) is 25.2 Å². The predicted molar refractivity (Wildman–Crippen MR) is 210 cm³/mol. The first-order valence-corrected chi connectivity index (χ1v) is 20.0. The summed E-state index contributed by atoms with van der Waals surface area (Å²) in [6, 6.07) is 16.4. The summed E-state index contributed by atoms with van der Waals surface area (Å²) in [5.74, 6) is -0.267. The molecule has 1 saturated heterocycles. The number of pyridine rings is 1. The number of aromatic hydroxyl groups is 2. The fraction of sp³-hybridized carbons (Fsp3) is 0.558. The number of anilines is 1. The van der Waals surface area contributed by atoms with E-state index in [2.05, 4.69) is 34.4 Å². The number of nitrogens with zero attached hydrogens (tertiary/aromatic N) is 2. The van der Waals surface area contributed by atoms with Gasteiger partial charge in [-0.05, 0) is 86.1 Å². The lowest BCUT2D eigenvalue weighted by molar-refractivity contribution is -0.147. The molecule has 10 heteroatoms. The number of benzene rings is 2. The fourth-order valence-corrected chi connectivity index (χ4v) is 6.95. The van der Waals surface area contributed by atoms with Crippen molar-refractivity contribution in [1.29, 1.82) is 0 Å². The van der Waals surface area contributed by atoms with Crippen molar-refractivity contribution in [2.75, 3.05) is 18.1 Å². The first-order valence-electron chi connectivity index (χ1n) is 20.0. The minimum absolute atomic E-state index is 0.171. The van der Waals surface area contributed by atoms with Crippen LogP contribution >= 0.6 is 0 Å². The number of nitrogens with one attached hydrogen (secondary N) is 2. The van der Waals surface area contributed by atoms with Gasteiger partial charge in [-0.25, -0.2) is 0 Å². The third-order valence-corrected chi connectivity index (χ3v) is 9.94. The van der Waals surface area contributed by atoms with Crippen LogP contribution in [0.3, 0.4) is 0 Å². The van der Waals surface area contributed by atoms with Crippen LogP contribution in [-0.2, 0) is 31.9 Å². The smallest absolute Gasteiger partial charge is 0.323 e. The minimum atomic E-state index is -0.636. The Morgan fingerprint density at radius 3 is 1.45 bits per heavy atom. The summed E-state index contributed by atoms with van der Waals surface area (Å²) in [7, 11) is 0. The molecule has 4 rings (SSSR count). The van der Waals surface area contributed by atoms with E-state index in [1.54, 1.807) is 36.7 Å². The average Bonchev–Trinajstić information content (AvgIpc) is 3.57. The van der Waals surface area contributed by atoms with E-state index in [9.17, 15) is 19.8 Å². The highest BCUT2D eigenvalue weighted by molar-refractivity contribution is 5.77. The molecule has 10 nitrogen and oxygen atoms in total. The Morgan fingerprint density at radius 1 is 0.642 bits per heavy atom. The lowest BCUT2D eigenvalue weighted by Crippen LogP contribution is -2.57. The molecule has 0 amide bonds. The number of esters is 2. The van der Waals surface area contributed by atoms with E-state index in [4.69, 9.17) is 9.47 Å². The van der Waals surface area contributed by atoms with E-state index in [0.29, 0.717) is 38.9 Å². The fourth-order valence-electron chi connectivity index (χ4n) is 6.95. The van der Waals surface area contributed by atoms with Gasteiger partial charge in [0.25, 0.3) is 0 Å². The maximum absolute atomic E-state index is 13.7. The maximum atomic E-state index is 13.7. The van der Waals surface area contributed by atoms with Crippen LogP contribution in [0.5, 0.6) is 11.5 Å². The molecule has 0 saturated carbocycles. The molecular formula is C43H62N4O6. The molecule has 3 aromatic rings. The van der Waals surface area contributed by atoms with Crippen molar-refractivity contribution in [1.82, 2.24) is 15.6 Å². The van der Waals surface area contributed by atoms with Gasteiger partial charge in [0.2, 0.25) is 0 Å². The van der Waals surface area contributed by atoms with E-state index >= 15 is 0 Å². The van der Waals surface area contributed by atoms with E-state index in [1.807, 2.05) is 36.4 Å². The van der Waals surface area contributed by atoms with Crippen molar-refractivity contribution >= 4 is 17.6 Å². The number of rotatable bonds is 25. The Labute approximate surface area is 316 Å². The normalized spacial score (nSPS) is 16.7. The van der Waals surface area contributed by atoms with Crippen molar-refractivity contribution in [3.05, 3.63) is 84.2 Å². The molecule has 2 heterocycles. The number of ether oxygens (including phenoxy) is 2. The molecule has 4 atom stereocenters. The Balaban J connectivity index is 1.50. The van der Waals surface area contributed by atoms with Gasteiger partial charge in [-0.15, -0.1) is 0 Å². The van der Waals surface area contributed by atoms with Gasteiger partial charge in [-0.2, -0.15) is 0 Å². The van der Waals surface area contributed by atoms with Gasteiger partial charge in [0.1, 0.15) is 23.6 Å². The Hall–Kier alpha value is -4.15. The third-order valence-electron chi connectivity index (χ3n) is 9.94. The van der Waals surface area contributed by atoms with Crippen LogP contribution in [0.4, 0.5) is 5.69 Å². The Morgan fingerprint density at radius 2 is 1.04 bits per heavy atom. The molecule has 0 radical (unpaired) electrons. The standard InChI is InChI=1S/C43H62N4O6/c1-3-5-7-9-11-13-29-52-42(50)38(31-33-15-19-36(48)20-16-33)45-40-23-24-41(47(40)35-25-27-44-28-26-35)46-39(32-34-17-21-37(49)22-18-34)43(51)53-30-14-12-10-8-6-4-2/h15-22,25-28,38-41,45-46,48-49H,3-14,23-24,29-32H2,1-2H3/t38-,39-,40-,41-/m0/s1. The van der Waals surface area contributed by atoms with Gasteiger partial charge < -0.3 is 24.6 Å². The zero-order chi connectivity index (χ0) is 37.7. The molecule has 290 valence electrons. The quantitative estimate of drug-likeness (QED) is 0.0503. The van der Waals surface area contributed by atoms with Gasteiger partial charge in [0.15, 0.2) is 0 Å². The molecule has 0 spiro atoms. The number of carbonyl (C=O) groups excluding carboxylic acids is 2. The third kappa shape index (κ3) is 14.7. The van der Waals surface area contributed by atoms with E-state index in [0.717, 1.165) is 55.3 Å². The topological polar surface area (TPSA) is 133 Å². The zero-order valence-corrected chi connectivity index (χ0v) is 31.9. The molecule has 1 aromatic heterocycles. The molecule has 4 N–H and O–H groups in total. The summed E-state index contributed by atoms with van der Waals surface area (Å²) in [6.07, 6.45) is 18.4. The summed E-state index contributed by atoms with van der Waals surface area (Å²) in [6.45, 7) is 5.15. The lowest BCUT2D eigenvalue weighted by atomic mass is 10.0. The molecule has 2 aromatic carbocycles. The highest BCUT2D eigenvalue weighted by atomic mass is 16.5. The highest BCUT2D eigenvalue weighted by Gasteiger charge is 2.38. The molecule has 53 heavy (non-hydrogen) atoms. The summed E-state index contributed by atoms with van der Waals surface area (Å²) in [5, 5.41) is 27.0. The largest absolute Gasteiger partial charge is 0.508 e. The molecule has 1 aliphatic rings. The van der Waals surface area contributed by atoms with E-state index < -0.39 is 12.1 Å². The summed E-state index contributed by atoms with van der Waals surface area (Å²) >= 11 is 0. The average molecular weight is 731 g/mol. The first kappa shape index (κ1) is 41.6. The van der Waals surface area contributed by atoms with E-state index in [-0.39, 0.29) is 35.8 Å². The lowest BCUT2D eigenvalue weighted by Gasteiger charge is -2.36. The minimum Gasteiger partial charge on any atom is -0.508 e. The second-order valence-corrected chi connectivity index (χ2v) is 14.3. The van der Waals surface area contributed by atoms with Crippen LogP contribution in [0.15, 0.2) is 73.1 Å². The Bertz CT molecular complexity index is 1360. The number of phenolic OH excluding ortho intramolecular Hbond substituents is 2. The molecule has 0 bridgehead atoms. The number of hydrogen-bond acceptors (Lipinski definition) is 10. The number of carbonyl (C=O) groups is 2. The van der Waals surface area contributed by atoms with Crippen LogP contribution in [0, 0.1) is 0 Å². The van der Waals surface area contributed by atoms with Crippen LogP contribution in [0.2, 0.25) is 0 Å². The number of phenols is 2. The van der Waals surface area contributed by atoms with Crippen LogP contribution in [-0.4, -0.2) is 64.8 Å². The summed E-state index contributed by atoms with van der Waals surface area (Å²) < 4.78 is 11.7. The molecule has 0 aliphatic carbocycles. The monoisotopic (exact) mass is 730 g/mol. The second kappa shape index (κ2) is 23.5. The number of unbranched alkanes of at least 4 members (excludes halogenated alkanes) is 10. The van der Waals surface area contributed by atoms with Crippen molar-refractivity contribution in [3.63, 3.8) is 0 Å². The Kier molecular flexibility index (Phi) is 18.4. The van der Waals surface area contributed by atoms with Gasteiger partial charge in [-0.1, -0.05) is 102 Å². The molecular weight excluding hydrogens is 668 g/mol. The van der Waals surface area contributed by atoms with Gasteiger partial charge >= 0.3 is 11.9 Å². The molecule has 1 fully saturated rings. The van der Waals surface area contributed by atoms with Gasteiger partial charge in [0.05, 0.1) is 25.5 Å². The zero-order valence-electron chi connectivity index (χ0n) is 31.9. The highest BCUT2D eigenvalue weighted by Crippen LogP contribution is 2.29. The summed E-state index contributed by atoms with van der Waals surface area (Å²) in [4.78, 5) is 33.8. The van der Waals surface area contributed by atoms with Crippen molar-refractivity contribution in [3.8, 4) is 11.5 Å². The van der Waals surface area contributed by atoms with Crippen molar-refractivity contribution in [2.24, 2.45) is 0 Å². The number of aromatic nitrogens is 1. The van der Waals surface area contributed by atoms with Crippen LogP contribution in [0.25, 0.3) is 0 Å². The summed E-state index contributed by atoms with van der Waals surface area (Å²) in [5.41, 5.74) is 2.71. The van der Waals surface area contributed by atoms with E-state index in [1.165, 1.54) is 38.5 Å². The van der Waals surface area contributed by atoms with Gasteiger partial charge in [0, 0.05) is 18.1 Å². The SMILES string of the molecule is CCCCCCCCOC(=O)[C@H](Cc1ccc(O)cc1)N[C@@H]1CC[C@@H](N[C@@H](Cc2ccc(O)cc2)C(=O)OCCCCCCCC)N1c1ccncc1. The first-order chi connectivity index (χ1) is 25.9. The van der Waals surface area contributed by atoms with Crippen molar-refractivity contribution in [2.45, 2.75) is 141 Å². The molecule has 0 unspecified atom stereocenters. The predicted octanol–water partition coefficient (Wildman–Crippen LogP) is 7.95. The number of hydrogen-bond donors (Lipinski definition) is 4.